The van der Waals surface area contributed by atoms with Crippen LogP contribution in [0.2, 0.25) is 0 Å². The summed E-state index contributed by atoms with van der Waals surface area (Å²) in [6.45, 7) is 1.21. The predicted molar refractivity (Wildman–Crippen MR) is 51.7 cm³/mol. The van der Waals surface area contributed by atoms with E-state index in [1.54, 1.807) is 0 Å². The Morgan fingerprint density at radius 3 is 2.20 bits per heavy atom. The summed E-state index contributed by atoms with van der Waals surface area (Å²) >= 11 is 0. The lowest BCUT2D eigenvalue weighted by Crippen LogP contribution is -2.18. The molecule has 0 fully saturated rings. The number of esters is 1. The number of halogens is 3. The third-order valence-electron chi connectivity index (χ3n) is 1.99. The van der Waals surface area contributed by atoms with Gasteiger partial charge in [0.15, 0.2) is 11.6 Å². The first-order valence-corrected chi connectivity index (χ1v) is 4.50. The summed E-state index contributed by atoms with van der Waals surface area (Å²) in [5, 5.41) is -0.186. The Morgan fingerprint density at radius 2 is 1.73 bits per heavy atom. The van der Waals surface area contributed by atoms with E-state index in [-0.39, 0.29) is 10.9 Å². The molecule has 0 aromatic heterocycles. The van der Waals surface area contributed by atoms with Crippen molar-refractivity contribution in [3.8, 4) is 0 Å². The fourth-order valence-corrected chi connectivity index (χ4v) is 1.34. The highest BCUT2D eigenvalue weighted by atomic mass is 31.0. The average Bonchev–Trinajstić information content (AvgIpc) is 2.23. The molecule has 0 amide bonds. The van der Waals surface area contributed by atoms with E-state index in [9.17, 15) is 18.0 Å². The molecule has 0 N–H and O–H groups in total. The van der Waals surface area contributed by atoms with E-state index in [4.69, 9.17) is 0 Å². The Bertz CT molecular complexity index is 403. The first-order valence-electron chi connectivity index (χ1n) is 3.92. The maximum absolute atomic E-state index is 13.4. The van der Waals surface area contributed by atoms with Crippen LogP contribution in [0.3, 0.4) is 0 Å². The van der Waals surface area contributed by atoms with Gasteiger partial charge in [0.1, 0.15) is 11.4 Å². The first kappa shape index (κ1) is 12.0. The van der Waals surface area contributed by atoms with Crippen molar-refractivity contribution < 1.29 is 22.7 Å². The maximum atomic E-state index is 13.4. The van der Waals surface area contributed by atoms with E-state index < -0.39 is 29.0 Å². The Morgan fingerprint density at radius 1 is 1.20 bits per heavy atom. The van der Waals surface area contributed by atoms with Crippen molar-refractivity contribution in [2.45, 2.75) is 6.92 Å². The highest BCUT2D eigenvalue weighted by Crippen LogP contribution is 2.20. The molecule has 2 nitrogen and oxygen atoms in total. The molecule has 0 aliphatic heterocycles. The Hall–Kier alpha value is -1.09. The number of benzene rings is 1. The minimum Gasteiger partial charge on any atom is -0.465 e. The monoisotopic (exact) mass is 236 g/mol. The number of rotatable bonds is 1. The van der Waals surface area contributed by atoms with E-state index in [1.165, 1.54) is 6.92 Å². The highest BCUT2D eigenvalue weighted by Gasteiger charge is 2.26. The van der Waals surface area contributed by atoms with E-state index in [0.29, 0.717) is 0 Å². The molecule has 6 heteroatoms. The van der Waals surface area contributed by atoms with Crippen molar-refractivity contribution in [2.75, 3.05) is 7.11 Å². The summed E-state index contributed by atoms with van der Waals surface area (Å²) in [4.78, 5) is 11.0. The van der Waals surface area contributed by atoms with Crippen LogP contribution in [0.25, 0.3) is 0 Å². The van der Waals surface area contributed by atoms with E-state index in [0.717, 1.165) is 7.11 Å². The normalized spacial score (nSPS) is 10.3. The summed E-state index contributed by atoms with van der Waals surface area (Å²) < 4.78 is 43.9. The fraction of sp³-hybridized carbons (Fsp3) is 0.222. The standard InChI is InChI=1S/C9H8F3O2P/c1-3-5(10)6(11)4(9(13)14-2)7(12)8(3)15/h15H2,1-2H3. The van der Waals surface area contributed by atoms with Crippen LogP contribution >= 0.6 is 9.24 Å². The van der Waals surface area contributed by atoms with Gasteiger partial charge in [-0.05, 0) is 12.5 Å². The smallest absolute Gasteiger partial charge is 0.344 e. The van der Waals surface area contributed by atoms with E-state index in [1.807, 2.05) is 9.24 Å². The van der Waals surface area contributed by atoms with Gasteiger partial charge in [0.05, 0.1) is 7.11 Å². The maximum Gasteiger partial charge on any atom is 0.344 e. The van der Waals surface area contributed by atoms with Crippen LogP contribution in [0.1, 0.15) is 15.9 Å². The summed E-state index contributed by atoms with van der Waals surface area (Å²) in [5.41, 5.74) is -1.20. The van der Waals surface area contributed by atoms with Crippen molar-refractivity contribution in [3.05, 3.63) is 28.6 Å². The van der Waals surface area contributed by atoms with E-state index in [2.05, 4.69) is 4.74 Å². The van der Waals surface area contributed by atoms with Crippen molar-refractivity contribution in [1.29, 1.82) is 0 Å². The van der Waals surface area contributed by atoms with Gasteiger partial charge in [-0.15, -0.1) is 9.24 Å². The number of hydrogen-bond donors (Lipinski definition) is 0. The summed E-state index contributed by atoms with van der Waals surface area (Å²) in [6, 6.07) is 0. The first-order chi connectivity index (χ1) is 6.91. The minimum atomic E-state index is -1.52. The molecule has 0 spiro atoms. The van der Waals surface area contributed by atoms with Crippen LogP contribution in [-0.2, 0) is 4.74 Å². The molecule has 1 rings (SSSR count). The van der Waals surface area contributed by atoms with Crippen molar-refractivity contribution >= 4 is 20.5 Å². The number of ether oxygens (including phenoxy) is 1. The van der Waals surface area contributed by atoms with Gasteiger partial charge < -0.3 is 4.74 Å². The second kappa shape index (κ2) is 4.19. The third-order valence-corrected chi connectivity index (χ3v) is 2.68. The van der Waals surface area contributed by atoms with Crippen molar-refractivity contribution in [3.63, 3.8) is 0 Å². The van der Waals surface area contributed by atoms with Crippen LogP contribution < -0.4 is 5.30 Å². The molecular formula is C9H8F3O2P. The molecule has 0 heterocycles. The average molecular weight is 236 g/mol. The zero-order valence-electron chi connectivity index (χ0n) is 8.03. The van der Waals surface area contributed by atoms with Crippen LogP contribution in [0.15, 0.2) is 0 Å². The van der Waals surface area contributed by atoms with Crippen molar-refractivity contribution in [1.82, 2.24) is 0 Å². The summed E-state index contributed by atoms with van der Waals surface area (Å²) in [7, 11) is 2.87. The SMILES string of the molecule is COC(=O)c1c(F)c(F)c(C)c(P)c1F. The van der Waals surface area contributed by atoms with Gasteiger partial charge in [0.2, 0.25) is 0 Å². The Labute approximate surface area is 86.6 Å². The predicted octanol–water partition coefficient (Wildman–Crippen LogP) is 1.70. The summed E-state index contributed by atoms with van der Waals surface area (Å²) in [5.74, 6) is -5.14. The fourth-order valence-electron chi connectivity index (χ4n) is 1.07. The van der Waals surface area contributed by atoms with Gasteiger partial charge >= 0.3 is 5.97 Å². The number of methoxy groups -OCH3 is 1. The van der Waals surface area contributed by atoms with E-state index >= 15 is 0 Å². The van der Waals surface area contributed by atoms with Crippen LogP contribution in [-0.4, -0.2) is 13.1 Å². The molecule has 0 saturated carbocycles. The van der Waals surface area contributed by atoms with Gasteiger partial charge in [0, 0.05) is 5.30 Å². The molecule has 1 unspecified atom stereocenters. The molecule has 0 bridgehead atoms. The van der Waals surface area contributed by atoms with Crippen LogP contribution in [0.5, 0.6) is 0 Å². The third kappa shape index (κ3) is 1.84. The minimum absolute atomic E-state index is 0.186. The zero-order chi connectivity index (χ0) is 11.7. The van der Waals surface area contributed by atoms with Gasteiger partial charge in [-0.25, -0.2) is 18.0 Å². The number of hydrogen-bond acceptors (Lipinski definition) is 2. The molecule has 0 saturated heterocycles. The molecular weight excluding hydrogens is 228 g/mol. The number of carbonyl (C=O) groups is 1. The number of carbonyl (C=O) groups excluding carboxylic acids is 1. The molecule has 0 radical (unpaired) electrons. The topological polar surface area (TPSA) is 26.3 Å². The molecule has 82 valence electrons. The lowest BCUT2D eigenvalue weighted by molar-refractivity contribution is 0.0588. The zero-order valence-corrected chi connectivity index (χ0v) is 9.18. The quantitative estimate of drug-likeness (QED) is 0.421. The van der Waals surface area contributed by atoms with Gasteiger partial charge in [-0.1, -0.05) is 0 Å². The molecule has 0 aliphatic carbocycles. The lowest BCUT2D eigenvalue weighted by Gasteiger charge is -2.09. The highest BCUT2D eigenvalue weighted by molar-refractivity contribution is 7.27. The Kier molecular flexibility index (Phi) is 3.35. The van der Waals surface area contributed by atoms with Crippen LogP contribution in [0, 0.1) is 24.4 Å². The largest absolute Gasteiger partial charge is 0.465 e. The molecule has 0 aliphatic rings. The Balaban J connectivity index is 3.60. The van der Waals surface area contributed by atoms with Crippen molar-refractivity contribution in [2.24, 2.45) is 0 Å². The molecule has 15 heavy (non-hydrogen) atoms. The second-order valence-electron chi connectivity index (χ2n) is 2.85. The molecule has 1 atom stereocenters. The second-order valence-corrected chi connectivity index (χ2v) is 3.42. The summed E-state index contributed by atoms with van der Waals surface area (Å²) in [6.07, 6.45) is 0. The van der Waals surface area contributed by atoms with Gasteiger partial charge in [-0.3, -0.25) is 0 Å². The molecule has 1 aromatic carbocycles. The van der Waals surface area contributed by atoms with Crippen LogP contribution in [0.4, 0.5) is 13.2 Å². The van der Waals surface area contributed by atoms with Gasteiger partial charge in [0.25, 0.3) is 0 Å². The molecule has 1 aromatic rings. The lowest BCUT2D eigenvalue weighted by atomic mass is 10.1. The van der Waals surface area contributed by atoms with Gasteiger partial charge in [-0.2, -0.15) is 0 Å².